The Labute approximate surface area is 269 Å². The van der Waals surface area contributed by atoms with Crippen LogP contribution < -0.4 is 4.74 Å². The van der Waals surface area contributed by atoms with Crippen molar-refractivity contribution in [2.45, 2.75) is 18.3 Å². The monoisotopic (exact) mass is 586 g/mol. The first-order valence-corrected chi connectivity index (χ1v) is 16.2. The Morgan fingerprint density at radius 1 is 0.457 bits per heavy atom. The number of aryl methyl sites for hydroxylation is 1. The van der Waals surface area contributed by atoms with Gasteiger partial charge in [0.15, 0.2) is 0 Å². The van der Waals surface area contributed by atoms with Crippen molar-refractivity contribution in [3.63, 3.8) is 0 Å². The van der Waals surface area contributed by atoms with Gasteiger partial charge in [-0.05, 0) is 110 Å². The third-order valence-corrected chi connectivity index (χ3v) is 10.4. The predicted molar refractivity (Wildman–Crippen MR) is 190 cm³/mol. The fraction of sp³-hybridized carbons (Fsp3) is 0.0667. The van der Waals surface area contributed by atoms with E-state index in [2.05, 4.69) is 158 Å². The topological polar surface area (TPSA) is 9.23 Å². The van der Waals surface area contributed by atoms with E-state index < -0.39 is 5.41 Å². The van der Waals surface area contributed by atoms with E-state index in [1.807, 2.05) is 0 Å². The highest BCUT2D eigenvalue weighted by Crippen LogP contribution is 2.62. The molecule has 10 rings (SSSR count). The summed E-state index contributed by atoms with van der Waals surface area (Å²) in [5.41, 5.74) is 14.8. The molecule has 0 saturated heterocycles. The minimum atomic E-state index is -0.518. The summed E-state index contributed by atoms with van der Waals surface area (Å²) in [6.45, 7) is 0. The zero-order valence-electron chi connectivity index (χ0n) is 25.3. The summed E-state index contributed by atoms with van der Waals surface area (Å²) in [4.78, 5) is 0. The number of hydrogen-bond donors (Lipinski definition) is 0. The van der Waals surface area contributed by atoms with E-state index in [0.29, 0.717) is 0 Å². The van der Waals surface area contributed by atoms with Crippen LogP contribution in [-0.2, 0) is 11.8 Å². The smallest absolute Gasteiger partial charge is 0.132 e. The molecule has 1 heteroatoms. The molecule has 7 aromatic carbocycles. The normalized spacial score (nSPS) is 14.6. The van der Waals surface area contributed by atoms with Gasteiger partial charge in [-0.1, -0.05) is 127 Å². The molecule has 46 heavy (non-hydrogen) atoms. The Bertz CT molecular complexity index is 2360. The maximum absolute atomic E-state index is 6.63. The Morgan fingerprint density at radius 2 is 1.02 bits per heavy atom. The SMILES string of the molecule is C1=Cc2ccc(-c3ccc4c(c3)C3(c5ccccc5Oc5ccccc53)c3cc(-c5ccc6ccccc6c5)ccc3-4)cc2CC1. The van der Waals surface area contributed by atoms with Crippen molar-refractivity contribution in [3.05, 3.63) is 185 Å². The van der Waals surface area contributed by atoms with Crippen LogP contribution in [0.4, 0.5) is 0 Å². The second kappa shape index (κ2) is 9.67. The lowest BCUT2D eigenvalue weighted by Crippen LogP contribution is -2.32. The summed E-state index contributed by atoms with van der Waals surface area (Å²) in [7, 11) is 0. The minimum absolute atomic E-state index is 0.518. The third kappa shape index (κ3) is 3.57. The molecule has 0 radical (unpaired) electrons. The highest BCUT2D eigenvalue weighted by molar-refractivity contribution is 5.93. The standard InChI is InChI=1S/C45H30O/c1-3-11-31-25-33(19-17-29(31)9-1)35-21-23-37-38-24-22-36(34-20-18-30-10-2-4-12-32(30)26-34)28-42(38)45(41(37)27-35)39-13-5-7-15-43(39)46-44-16-8-6-14-40(44)45/h1-3,5-11,13-28H,4,12H2. The highest BCUT2D eigenvalue weighted by atomic mass is 16.5. The lowest BCUT2D eigenvalue weighted by atomic mass is 9.65. The summed E-state index contributed by atoms with van der Waals surface area (Å²) >= 11 is 0. The van der Waals surface area contributed by atoms with Crippen molar-refractivity contribution in [2.24, 2.45) is 0 Å². The van der Waals surface area contributed by atoms with E-state index in [4.69, 9.17) is 4.74 Å². The molecule has 1 nitrogen and oxygen atoms in total. The van der Waals surface area contributed by atoms with Gasteiger partial charge in [0.25, 0.3) is 0 Å². The molecule has 0 aromatic heterocycles. The molecule has 0 atom stereocenters. The van der Waals surface area contributed by atoms with Crippen molar-refractivity contribution < 1.29 is 4.74 Å². The fourth-order valence-corrected chi connectivity index (χ4v) is 8.24. The van der Waals surface area contributed by atoms with Crippen molar-refractivity contribution in [1.82, 2.24) is 0 Å². The van der Waals surface area contributed by atoms with Crippen molar-refractivity contribution in [2.75, 3.05) is 0 Å². The van der Waals surface area contributed by atoms with Crippen LogP contribution in [0.15, 0.2) is 152 Å². The maximum Gasteiger partial charge on any atom is 0.132 e. The van der Waals surface area contributed by atoms with Gasteiger partial charge >= 0.3 is 0 Å². The fourth-order valence-electron chi connectivity index (χ4n) is 8.24. The molecule has 1 aliphatic heterocycles. The van der Waals surface area contributed by atoms with Gasteiger partial charge in [-0.3, -0.25) is 0 Å². The number of allylic oxidation sites excluding steroid dienone is 1. The zero-order valence-corrected chi connectivity index (χ0v) is 25.3. The quantitative estimate of drug-likeness (QED) is 0.196. The summed E-state index contributed by atoms with van der Waals surface area (Å²) < 4.78 is 6.63. The van der Waals surface area contributed by atoms with Gasteiger partial charge in [0.1, 0.15) is 11.5 Å². The summed E-state index contributed by atoms with van der Waals surface area (Å²) in [5.74, 6) is 1.84. The molecule has 3 aliphatic rings. The van der Waals surface area contributed by atoms with Gasteiger partial charge in [0.2, 0.25) is 0 Å². The lowest BCUT2D eigenvalue weighted by molar-refractivity contribution is 0.436. The summed E-state index contributed by atoms with van der Waals surface area (Å²) in [6, 6.07) is 53.9. The van der Waals surface area contributed by atoms with Gasteiger partial charge in [-0.15, -0.1) is 0 Å². The second-order valence-corrected chi connectivity index (χ2v) is 12.8. The molecule has 2 aliphatic carbocycles. The zero-order chi connectivity index (χ0) is 30.2. The predicted octanol–water partition coefficient (Wildman–Crippen LogP) is 11.6. The minimum Gasteiger partial charge on any atom is -0.457 e. The first kappa shape index (κ1) is 25.6. The molecule has 0 saturated carbocycles. The average molecular weight is 587 g/mol. The number of fused-ring (bicyclic) bond motifs is 11. The van der Waals surface area contributed by atoms with Gasteiger partial charge in [0, 0.05) is 11.1 Å². The van der Waals surface area contributed by atoms with Gasteiger partial charge in [0.05, 0.1) is 5.41 Å². The first-order chi connectivity index (χ1) is 22.8. The Hall–Kier alpha value is -5.66. The first-order valence-electron chi connectivity index (χ1n) is 16.2. The van der Waals surface area contributed by atoms with Crippen LogP contribution in [0.2, 0.25) is 0 Å². The van der Waals surface area contributed by atoms with Crippen LogP contribution >= 0.6 is 0 Å². The Kier molecular flexibility index (Phi) is 5.39. The molecule has 1 spiro atoms. The molecule has 216 valence electrons. The molecule has 0 bridgehead atoms. The van der Waals surface area contributed by atoms with Crippen LogP contribution in [0, 0.1) is 0 Å². The van der Waals surface area contributed by atoms with E-state index in [0.717, 1.165) is 24.3 Å². The van der Waals surface area contributed by atoms with E-state index in [9.17, 15) is 0 Å². The van der Waals surface area contributed by atoms with E-state index >= 15 is 0 Å². The second-order valence-electron chi connectivity index (χ2n) is 12.8. The van der Waals surface area contributed by atoms with Crippen LogP contribution in [0.1, 0.15) is 39.8 Å². The number of rotatable bonds is 2. The third-order valence-electron chi connectivity index (χ3n) is 10.4. The molecule has 1 heterocycles. The lowest BCUT2D eigenvalue weighted by Gasteiger charge is -2.39. The number of ether oxygens (including phenoxy) is 1. The van der Waals surface area contributed by atoms with E-state index in [1.165, 1.54) is 77.5 Å². The van der Waals surface area contributed by atoms with Crippen LogP contribution in [-0.4, -0.2) is 0 Å². The maximum atomic E-state index is 6.63. The molecule has 0 unspecified atom stereocenters. The largest absolute Gasteiger partial charge is 0.457 e. The van der Waals surface area contributed by atoms with Crippen molar-refractivity contribution >= 4 is 16.8 Å². The highest BCUT2D eigenvalue weighted by Gasteiger charge is 2.51. The average Bonchev–Trinajstić information content (AvgIpc) is 3.40. The van der Waals surface area contributed by atoms with Crippen LogP contribution in [0.25, 0.3) is 50.2 Å². The Morgan fingerprint density at radius 3 is 1.74 bits per heavy atom. The van der Waals surface area contributed by atoms with Gasteiger partial charge in [-0.25, -0.2) is 0 Å². The molecule has 0 N–H and O–H groups in total. The van der Waals surface area contributed by atoms with Crippen LogP contribution in [0.3, 0.4) is 0 Å². The summed E-state index contributed by atoms with van der Waals surface area (Å²) in [6.07, 6.45) is 6.74. The van der Waals surface area contributed by atoms with E-state index in [1.54, 1.807) is 0 Å². The molecule has 0 amide bonds. The molecule has 7 aromatic rings. The molecular formula is C45H30O. The van der Waals surface area contributed by atoms with Crippen LogP contribution in [0.5, 0.6) is 11.5 Å². The van der Waals surface area contributed by atoms with E-state index in [-0.39, 0.29) is 0 Å². The van der Waals surface area contributed by atoms with Gasteiger partial charge in [-0.2, -0.15) is 0 Å². The van der Waals surface area contributed by atoms with Crippen molar-refractivity contribution in [1.29, 1.82) is 0 Å². The molecule has 0 fully saturated rings. The number of benzene rings is 7. The van der Waals surface area contributed by atoms with Crippen molar-refractivity contribution in [3.8, 4) is 44.9 Å². The summed E-state index contributed by atoms with van der Waals surface area (Å²) in [5, 5.41) is 2.51. The number of hydrogen-bond acceptors (Lipinski definition) is 1. The Balaban J connectivity index is 1.26. The molecular weight excluding hydrogens is 556 g/mol. The number of para-hydroxylation sites is 2. The van der Waals surface area contributed by atoms with Gasteiger partial charge < -0.3 is 4.74 Å².